The molecule has 0 aromatic heterocycles. The molecule has 0 atom stereocenters. The zero-order valence-corrected chi connectivity index (χ0v) is 14.5. The van der Waals surface area contributed by atoms with Gasteiger partial charge < -0.3 is 4.90 Å². The molecule has 0 aliphatic carbocycles. The third kappa shape index (κ3) is 5.25. The van der Waals surface area contributed by atoms with E-state index in [0.29, 0.717) is 0 Å². The molecule has 0 radical (unpaired) electrons. The number of non-ortho nitro benzene ring substituents is 1. The predicted molar refractivity (Wildman–Crippen MR) is 94.0 cm³/mol. The fourth-order valence-corrected chi connectivity index (χ4v) is 3.19. The highest BCUT2D eigenvalue weighted by molar-refractivity contribution is 9.09. The minimum absolute atomic E-state index is 0.158. The van der Waals surface area contributed by atoms with Gasteiger partial charge >= 0.3 is 0 Å². The van der Waals surface area contributed by atoms with Crippen LogP contribution in [0.2, 0.25) is 0 Å². The van der Waals surface area contributed by atoms with Crippen LogP contribution in [0.3, 0.4) is 0 Å². The van der Waals surface area contributed by atoms with Crippen molar-refractivity contribution in [2.75, 3.05) is 43.0 Å². The molecule has 2 rings (SSSR count). The van der Waals surface area contributed by atoms with Crippen LogP contribution in [0.1, 0.15) is 25.7 Å². The van der Waals surface area contributed by atoms with Crippen molar-refractivity contribution in [3.05, 3.63) is 34.4 Å². The van der Waals surface area contributed by atoms with Crippen molar-refractivity contribution < 1.29 is 4.92 Å². The number of nitrogens with zero attached hydrogens (tertiary/aromatic N) is 3. The normalized spacial score (nSPS) is 16.0. The number of alkyl halides is 1. The number of anilines is 1. The van der Waals surface area contributed by atoms with Crippen LogP contribution in [-0.2, 0) is 0 Å². The van der Waals surface area contributed by atoms with Crippen molar-refractivity contribution in [1.29, 1.82) is 0 Å². The van der Waals surface area contributed by atoms with Crippen LogP contribution in [-0.4, -0.2) is 47.9 Å². The van der Waals surface area contributed by atoms with Crippen molar-refractivity contribution in [3.8, 4) is 0 Å². The van der Waals surface area contributed by atoms with Gasteiger partial charge in [-0.05, 0) is 31.5 Å². The summed E-state index contributed by atoms with van der Waals surface area (Å²) >= 11 is 3.47. The van der Waals surface area contributed by atoms with Crippen LogP contribution in [0.15, 0.2) is 24.3 Å². The van der Waals surface area contributed by atoms with Gasteiger partial charge in [-0.1, -0.05) is 28.8 Å². The minimum atomic E-state index is -0.350. The quantitative estimate of drug-likeness (QED) is 0.303. The van der Waals surface area contributed by atoms with Crippen molar-refractivity contribution >= 4 is 27.3 Å². The van der Waals surface area contributed by atoms with Crippen molar-refractivity contribution in [3.63, 3.8) is 0 Å². The number of piperazine rings is 1. The molecule has 0 saturated carbocycles. The maximum atomic E-state index is 10.7. The van der Waals surface area contributed by atoms with E-state index in [9.17, 15) is 10.1 Å². The van der Waals surface area contributed by atoms with E-state index in [1.54, 1.807) is 12.1 Å². The highest BCUT2D eigenvalue weighted by atomic mass is 79.9. The molecule has 1 aromatic rings. The number of unbranched alkanes of at least 4 members (excludes halogenated alkanes) is 3. The summed E-state index contributed by atoms with van der Waals surface area (Å²) in [6.45, 7) is 5.35. The first kappa shape index (κ1) is 17.2. The van der Waals surface area contributed by atoms with Gasteiger partial charge in [0.1, 0.15) is 0 Å². The molecule has 0 amide bonds. The molecule has 122 valence electrons. The van der Waals surface area contributed by atoms with Crippen LogP contribution in [0.5, 0.6) is 0 Å². The van der Waals surface area contributed by atoms with Gasteiger partial charge in [0.2, 0.25) is 0 Å². The first-order valence-corrected chi connectivity index (χ1v) is 9.10. The van der Waals surface area contributed by atoms with Gasteiger partial charge in [-0.15, -0.1) is 0 Å². The molecule has 0 N–H and O–H groups in total. The van der Waals surface area contributed by atoms with Gasteiger partial charge in [0, 0.05) is 49.3 Å². The molecule has 1 aliphatic heterocycles. The SMILES string of the molecule is O=[N+]([O-])c1ccc(N2CCN(CCCCCCBr)CC2)cc1. The van der Waals surface area contributed by atoms with Crippen molar-refractivity contribution in [1.82, 2.24) is 4.90 Å². The van der Waals surface area contributed by atoms with Gasteiger partial charge in [0.25, 0.3) is 5.69 Å². The minimum Gasteiger partial charge on any atom is -0.369 e. The number of rotatable bonds is 8. The Bertz CT molecular complexity index is 459. The number of hydrogen-bond acceptors (Lipinski definition) is 4. The third-order valence-electron chi connectivity index (χ3n) is 4.16. The van der Waals surface area contributed by atoms with Crippen LogP contribution in [0.4, 0.5) is 11.4 Å². The molecule has 5 nitrogen and oxygen atoms in total. The molecule has 1 fully saturated rings. The summed E-state index contributed by atoms with van der Waals surface area (Å²) in [6, 6.07) is 6.89. The van der Waals surface area contributed by atoms with E-state index in [1.807, 2.05) is 12.1 Å². The molecule has 0 unspecified atom stereocenters. The average Bonchev–Trinajstić information content (AvgIpc) is 2.55. The molecule has 6 heteroatoms. The summed E-state index contributed by atoms with van der Waals surface area (Å²) in [4.78, 5) is 15.2. The smallest absolute Gasteiger partial charge is 0.269 e. The number of benzene rings is 1. The van der Waals surface area contributed by atoms with E-state index in [1.165, 1.54) is 32.2 Å². The molecule has 1 aliphatic rings. The lowest BCUT2D eigenvalue weighted by atomic mass is 10.2. The van der Waals surface area contributed by atoms with Gasteiger partial charge in [0.05, 0.1) is 4.92 Å². The van der Waals surface area contributed by atoms with Gasteiger partial charge in [-0.25, -0.2) is 0 Å². The predicted octanol–water partition coefficient (Wildman–Crippen LogP) is 3.67. The summed E-state index contributed by atoms with van der Waals surface area (Å²) < 4.78 is 0. The van der Waals surface area contributed by atoms with Crippen molar-refractivity contribution in [2.24, 2.45) is 0 Å². The summed E-state index contributed by atoms with van der Waals surface area (Å²) in [5, 5.41) is 11.8. The zero-order chi connectivity index (χ0) is 15.8. The van der Waals surface area contributed by atoms with Crippen LogP contribution in [0.25, 0.3) is 0 Å². The van der Waals surface area contributed by atoms with Crippen LogP contribution < -0.4 is 4.90 Å². The van der Waals surface area contributed by atoms with E-state index >= 15 is 0 Å². The van der Waals surface area contributed by atoms with Crippen LogP contribution in [0, 0.1) is 10.1 Å². The van der Waals surface area contributed by atoms with E-state index in [2.05, 4.69) is 25.7 Å². The maximum absolute atomic E-state index is 10.7. The van der Waals surface area contributed by atoms with E-state index in [0.717, 1.165) is 37.2 Å². The Hall–Kier alpha value is -1.14. The number of nitro groups is 1. The van der Waals surface area contributed by atoms with Gasteiger partial charge in [0.15, 0.2) is 0 Å². The lowest BCUT2D eigenvalue weighted by Gasteiger charge is -2.36. The fraction of sp³-hybridized carbons (Fsp3) is 0.625. The molecular formula is C16H24BrN3O2. The number of nitro benzene ring substituents is 1. The second kappa shape index (κ2) is 9.10. The molecule has 1 aromatic carbocycles. The van der Waals surface area contributed by atoms with Gasteiger partial charge in [-0.2, -0.15) is 0 Å². The Kier molecular flexibility index (Phi) is 7.12. The molecule has 0 spiro atoms. The average molecular weight is 370 g/mol. The Morgan fingerprint density at radius 3 is 2.23 bits per heavy atom. The highest BCUT2D eigenvalue weighted by Gasteiger charge is 2.17. The summed E-state index contributed by atoms with van der Waals surface area (Å²) in [6.07, 6.45) is 5.18. The zero-order valence-electron chi connectivity index (χ0n) is 12.9. The number of halogens is 1. The van der Waals surface area contributed by atoms with Gasteiger partial charge in [-0.3, -0.25) is 15.0 Å². The van der Waals surface area contributed by atoms with E-state index < -0.39 is 0 Å². The Morgan fingerprint density at radius 2 is 1.64 bits per heavy atom. The first-order chi connectivity index (χ1) is 10.7. The largest absolute Gasteiger partial charge is 0.369 e. The number of hydrogen-bond donors (Lipinski definition) is 0. The lowest BCUT2D eigenvalue weighted by molar-refractivity contribution is -0.384. The molecule has 1 heterocycles. The molecule has 0 bridgehead atoms. The monoisotopic (exact) mass is 369 g/mol. The topological polar surface area (TPSA) is 49.6 Å². The standard InChI is InChI=1S/C16H24BrN3O2/c17-9-3-1-2-4-10-18-11-13-19(14-12-18)15-5-7-16(8-6-15)20(21)22/h5-8H,1-4,9-14H2. The summed E-state index contributed by atoms with van der Waals surface area (Å²) in [5.41, 5.74) is 1.24. The van der Waals surface area contributed by atoms with Crippen molar-refractivity contribution in [2.45, 2.75) is 25.7 Å². The lowest BCUT2D eigenvalue weighted by Crippen LogP contribution is -2.46. The summed E-state index contributed by atoms with van der Waals surface area (Å²) in [5.74, 6) is 0. The van der Waals surface area contributed by atoms with E-state index in [-0.39, 0.29) is 10.6 Å². The summed E-state index contributed by atoms with van der Waals surface area (Å²) in [7, 11) is 0. The van der Waals surface area contributed by atoms with Crippen LogP contribution >= 0.6 is 15.9 Å². The Morgan fingerprint density at radius 1 is 1.00 bits per heavy atom. The van der Waals surface area contributed by atoms with E-state index in [4.69, 9.17) is 0 Å². The third-order valence-corrected chi connectivity index (χ3v) is 4.72. The first-order valence-electron chi connectivity index (χ1n) is 7.98. The second-order valence-electron chi connectivity index (χ2n) is 5.71. The Labute approximate surface area is 140 Å². The maximum Gasteiger partial charge on any atom is 0.269 e. The molecule has 22 heavy (non-hydrogen) atoms. The fourth-order valence-electron chi connectivity index (χ4n) is 2.80. The second-order valence-corrected chi connectivity index (χ2v) is 6.50. The Balaban J connectivity index is 1.71. The molecule has 1 saturated heterocycles. The molecular weight excluding hydrogens is 346 g/mol. The highest BCUT2D eigenvalue weighted by Crippen LogP contribution is 2.20.